The average molecular weight is 475 g/mol. The normalized spacial score (nSPS) is 14.8. The number of hydrogen-bond acceptors (Lipinski definition) is 5. The number of nitrogens with zero attached hydrogens (tertiary/aromatic N) is 2. The van der Waals surface area contributed by atoms with Crippen LogP contribution < -0.4 is 15.4 Å². The third-order valence-electron chi connectivity index (χ3n) is 5.01. The van der Waals surface area contributed by atoms with Gasteiger partial charge in [0.1, 0.15) is 17.6 Å². The highest BCUT2D eigenvalue weighted by Crippen LogP contribution is 2.39. The Kier molecular flexibility index (Phi) is 6.36. The molecule has 0 aliphatic carbocycles. The lowest BCUT2D eigenvalue weighted by Gasteiger charge is -2.11. The molecule has 2 heterocycles. The van der Waals surface area contributed by atoms with E-state index in [0.29, 0.717) is 33.0 Å². The summed E-state index contributed by atoms with van der Waals surface area (Å²) in [7, 11) is 3.16. The summed E-state index contributed by atoms with van der Waals surface area (Å²) >= 11 is 12.0. The summed E-state index contributed by atoms with van der Waals surface area (Å²) in [4.78, 5) is 25.3. The Balaban J connectivity index is 1.62. The summed E-state index contributed by atoms with van der Waals surface area (Å²) in [6.45, 7) is 0.247. The zero-order valence-electron chi connectivity index (χ0n) is 17.3. The first-order valence-electron chi connectivity index (χ1n) is 9.71. The first-order valence-corrected chi connectivity index (χ1v) is 10.5. The molecular weight excluding hydrogens is 455 g/mol. The minimum atomic E-state index is -0.803. The van der Waals surface area contributed by atoms with Gasteiger partial charge in [-0.2, -0.15) is 5.10 Å². The monoisotopic (exact) mass is 474 g/mol. The van der Waals surface area contributed by atoms with Crippen molar-refractivity contribution in [2.45, 2.75) is 19.1 Å². The molecule has 1 aliphatic rings. The van der Waals surface area contributed by atoms with Gasteiger partial charge in [0.2, 0.25) is 5.91 Å². The van der Waals surface area contributed by atoms with Gasteiger partial charge in [0.15, 0.2) is 0 Å². The van der Waals surface area contributed by atoms with E-state index in [9.17, 15) is 9.59 Å². The number of hydrogen-bond donors (Lipinski definition) is 2. The topological polar surface area (TPSA) is 94.5 Å². The minimum Gasteiger partial charge on any atom is -0.497 e. The van der Waals surface area contributed by atoms with E-state index >= 15 is 0 Å². The van der Waals surface area contributed by atoms with E-state index in [1.807, 2.05) is 24.3 Å². The fourth-order valence-corrected chi connectivity index (χ4v) is 4.16. The van der Waals surface area contributed by atoms with Crippen LogP contribution in [0.3, 0.4) is 0 Å². The van der Waals surface area contributed by atoms with Crippen molar-refractivity contribution >= 4 is 46.5 Å². The van der Waals surface area contributed by atoms with Crippen molar-refractivity contribution in [3.63, 3.8) is 0 Å². The number of benzene rings is 2. The number of amides is 2. The van der Waals surface area contributed by atoms with Crippen LogP contribution in [-0.2, 0) is 20.9 Å². The third kappa shape index (κ3) is 4.43. The summed E-state index contributed by atoms with van der Waals surface area (Å²) < 4.78 is 12.1. The first kappa shape index (κ1) is 22.1. The molecule has 1 aromatic heterocycles. The molecule has 0 bridgehead atoms. The molecule has 1 aliphatic heterocycles. The van der Waals surface area contributed by atoms with Crippen LogP contribution in [-0.4, -0.2) is 35.8 Å². The zero-order valence-corrected chi connectivity index (χ0v) is 18.8. The van der Waals surface area contributed by atoms with Crippen LogP contribution in [0.15, 0.2) is 42.5 Å². The van der Waals surface area contributed by atoms with Crippen LogP contribution in [0.4, 0.5) is 11.5 Å². The number of anilines is 2. The number of halogens is 2. The van der Waals surface area contributed by atoms with E-state index < -0.39 is 6.04 Å². The molecule has 0 radical (unpaired) electrons. The second kappa shape index (κ2) is 9.20. The van der Waals surface area contributed by atoms with Crippen molar-refractivity contribution in [1.82, 2.24) is 9.78 Å². The Morgan fingerprint density at radius 2 is 1.84 bits per heavy atom. The Morgan fingerprint density at radius 1 is 1.16 bits per heavy atom. The number of nitrogens with one attached hydrogen (secondary N) is 2. The maximum absolute atomic E-state index is 12.7. The summed E-state index contributed by atoms with van der Waals surface area (Å²) in [5.74, 6) is 0.554. The molecule has 1 unspecified atom stereocenters. The van der Waals surface area contributed by atoms with Crippen LogP contribution in [0, 0.1) is 0 Å². The lowest BCUT2D eigenvalue weighted by atomic mass is 10.1. The molecular formula is C22H20Cl2N4O4. The van der Waals surface area contributed by atoms with Crippen LogP contribution in [0.1, 0.15) is 18.2 Å². The van der Waals surface area contributed by atoms with Crippen molar-refractivity contribution in [3.8, 4) is 16.9 Å². The van der Waals surface area contributed by atoms with E-state index in [0.717, 1.165) is 11.1 Å². The Hall–Kier alpha value is -3.07. The van der Waals surface area contributed by atoms with Gasteiger partial charge in [0.05, 0.1) is 25.8 Å². The molecule has 0 fully saturated rings. The lowest BCUT2D eigenvalue weighted by Crippen LogP contribution is -2.24. The van der Waals surface area contributed by atoms with Crippen molar-refractivity contribution in [1.29, 1.82) is 0 Å². The average Bonchev–Trinajstić information content (AvgIpc) is 3.22. The van der Waals surface area contributed by atoms with Gasteiger partial charge in [0, 0.05) is 28.4 Å². The highest BCUT2D eigenvalue weighted by Gasteiger charge is 2.37. The second-order valence-corrected chi connectivity index (χ2v) is 8.06. The van der Waals surface area contributed by atoms with Gasteiger partial charge in [-0.1, -0.05) is 35.3 Å². The summed E-state index contributed by atoms with van der Waals surface area (Å²) in [6, 6.07) is 11.3. The minimum absolute atomic E-state index is 0.112. The second-order valence-electron chi connectivity index (χ2n) is 7.19. The number of rotatable bonds is 7. The molecule has 0 saturated heterocycles. The van der Waals surface area contributed by atoms with E-state index in [2.05, 4.69) is 15.7 Å². The molecule has 0 saturated carbocycles. The van der Waals surface area contributed by atoms with Gasteiger partial charge in [-0.25, -0.2) is 4.68 Å². The van der Waals surface area contributed by atoms with Gasteiger partial charge in [-0.3, -0.25) is 9.59 Å². The predicted molar refractivity (Wildman–Crippen MR) is 122 cm³/mol. The molecule has 2 amide bonds. The smallest absolute Gasteiger partial charge is 0.251 e. The van der Waals surface area contributed by atoms with E-state index in [1.54, 1.807) is 37.1 Å². The molecule has 2 aromatic carbocycles. The van der Waals surface area contributed by atoms with Gasteiger partial charge in [-0.15, -0.1) is 0 Å². The largest absolute Gasteiger partial charge is 0.497 e. The molecule has 3 aromatic rings. The SMILES string of the molecule is COCc1nn2c(c1-c1ccc(OC)cc1)NC(=O)C2CC(=O)Nc1cc(Cl)cc(Cl)c1. The molecule has 8 nitrogen and oxygen atoms in total. The van der Waals surface area contributed by atoms with Gasteiger partial charge in [-0.05, 0) is 35.9 Å². The number of ether oxygens (including phenoxy) is 2. The number of methoxy groups -OCH3 is 2. The molecule has 10 heteroatoms. The molecule has 2 N–H and O–H groups in total. The van der Waals surface area contributed by atoms with Crippen molar-refractivity contribution in [3.05, 3.63) is 58.2 Å². The number of carbonyl (C=O) groups is 2. The van der Waals surface area contributed by atoms with Crippen LogP contribution in [0.25, 0.3) is 11.1 Å². The van der Waals surface area contributed by atoms with Crippen LogP contribution in [0.5, 0.6) is 5.75 Å². The standard InChI is InChI=1S/C22H20Cl2N4O4/c1-31-11-17-20(12-3-5-16(32-2)6-4-12)21-26-22(30)18(28(21)27-17)10-19(29)25-15-8-13(23)7-14(24)9-15/h3-9,18H,10-11H2,1-2H3,(H,25,29)(H,26,30). The number of aromatic nitrogens is 2. The van der Waals surface area contributed by atoms with E-state index in [1.165, 1.54) is 0 Å². The molecule has 1 atom stereocenters. The van der Waals surface area contributed by atoms with Crippen LogP contribution >= 0.6 is 23.2 Å². The molecule has 4 rings (SSSR count). The molecule has 32 heavy (non-hydrogen) atoms. The highest BCUT2D eigenvalue weighted by molar-refractivity contribution is 6.35. The summed E-state index contributed by atoms with van der Waals surface area (Å²) in [6.07, 6.45) is -0.112. The van der Waals surface area contributed by atoms with Crippen molar-refractivity contribution in [2.75, 3.05) is 24.9 Å². The zero-order chi connectivity index (χ0) is 22.8. The fourth-order valence-electron chi connectivity index (χ4n) is 3.63. The van der Waals surface area contributed by atoms with Crippen molar-refractivity contribution in [2.24, 2.45) is 0 Å². The predicted octanol–water partition coefficient (Wildman–Crippen LogP) is 4.53. The van der Waals surface area contributed by atoms with E-state index in [4.69, 9.17) is 32.7 Å². The maximum atomic E-state index is 12.7. The maximum Gasteiger partial charge on any atom is 0.251 e. The fraction of sp³-hybridized carbons (Fsp3) is 0.227. The van der Waals surface area contributed by atoms with E-state index in [-0.39, 0.29) is 24.8 Å². The molecule has 166 valence electrons. The van der Waals surface area contributed by atoms with Crippen molar-refractivity contribution < 1.29 is 19.1 Å². The van der Waals surface area contributed by atoms with Gasteiger partial charge < -0.3 is 20.1 Å². The Labute approximate surface area is 194 Å². The highest BCUT2D eigenvalue weighted by atomic mass is 35.5. The Bertz CT molecular complexity index is 1160. The van der Waals surface area contributed by atoms with Gasteiger partial charge >= 0.3 is 0 Å². The van der Waals surface area contributed by atoms with Gasteiger partial charge in [0.25, 0.3) is 5.91 Å². The Morgan fingerprint density at radius 3 is 2.47 bits per heavy atom. The summed E-state index contributed by atoms with van der Waals surface area (Å²) in [5.41, 5.74) is 2.69. The quantitative estimate of drug-likeness (QED) is 0.524. The molecule has 0 spiro atoms. The third-order valence-corrected chi connectivity index (χ3v) is 5.44. The summed E-state index contributed by atoms with van der Waals surface area (Å²) in [5, 5.41) is 11.0. The van der Waals surface area contributed by atoms with Crippen LogP contribution in [0.2, 0.25) is 10.0 Å². The number of fused-ring (bicyclic) bond motifs is 1. The number of carbonyl (C=O) groups excluding carboxylic acids is 2. The first-order chi connectivity index (χ1) is 15.4. The lowest BCUT2D eigenvalue weighted by molar-refractivity contribution is -0.123.